The predicted molar refractivity (Wildman–Crippen MR) is 109 cm³/mol. The van der Waals surface area contributed by atoms with Crippen LogP contribution in [0.15, 0.2) is 29.3 Å². The molecule has 0 spiro atoms. The van der Waals surface area contributed by atoms with Gasteiger partial charge in [0.05, 0.1) is 0 Å². The van der Waals surface area contributed by atoms with Crippen LogP contribution in [0, 0.1) is 0 Å². The Bertz CT molecular complexity index is 609. The van der Waals surface area contributed by atoms with Crippen molar-refractivity contribution in [3.8, 4) is 5.75 Å². The van der Waals surface area contributed by atoms with Gasteiger partial charge >= 0.3 is 0 Å². The highest BCUT2D eigenvalue weighted by molar-refractivity contribution is 7.99. The highest BCUT2D eigenvalue weighted by atomic mass is 32.2. The number of rotatable bonds is 8. The van der Waals surface area contributed by atoms with Crippen molar-refractivity contribution in [1.29, 1.82) is 0 Å². The molecular weight excluding hydrogens is 348 g/mol. The highest BCUT2D eigenvalue weighted by Crippen LogP contribution is 2.27. The molecule has 1 aromatic carbocycles. The fourth-order valence-corrected chi connectivity index (χ4v) is 3.82. The Morgan fingerprint density at radius 1 is 1.35 bits per heavy atom. The molecule has 0 saturated heterocycles. The van der Waals surface area contributed by atoms with Crippen LogP contribution in [0.25, 0.3) is 0 Å². The normalized spacial score (nSPS) is 20.0. The molecule has 0 bridgehead atoms. The van der Waals surface area contributed by atoms with Crippen molar-refractivity contribution in [3.63, 3.8) is 0 Å². The number of carbonyl (C=O) groups is 1. The minimum atomic E-state index is -0.177. The highest BCUT2D eigenvalue weighted by Gasteiger charge is 2.24. The van der Waals surface area contributed by atoms with Crippen molar-refractivity contribution in [2.75, 3.05) is 25.9 Å². The Kier molecular flexibility index (Phi) is 8.61. The van der Waals surface area contributed by atoms with Crippen molar-refractivity contribution in [2.24, 2.45) is 4.99 Å². The molecule has 7 heteroatoms. The van der Waals surface area contributed by atoms with Gasteiger partial charge in [-0.05, 0) is 57.1 Å². The van der Waals surface area contributed by atoms with Crippen molar-refractivity contribution in [3.05, 3.63) is 29.8 Å². The summed E-state index contributed by atoms with van der Waals surface area (Å²) in [5, 5.41) is 19.8. The van der Waals surface area contributed by atoms with Crippen LogP contribution in [0.3, 0.4) is 0 Å². The fraction of sp³-hybridized carbons (Fsp3) is 0.579. The lowest BCUT2D eigenvalue weighted by Crippen LogP contribution is -2.42. The zero-order chi connectivity index (χ0) is 18.8. The summed E-state index contributed by atoms with van der Waals surface area (Å²) in [7, 11) is 0. The van der Waals surface area contributed by atoms with Crippen molar-refractivity contribution in [1.82, 2.24) is 16.0 Å². The zero-order valence-corrected chi connectivity index (χ0v) is 16.4. The van der Waals surface area contributed by atoms with E-state index in [0.29, 0.717) is 24.7 Å². The van der Waals surface area contributed by atoms with Gasteiger partial charge in [0.15, 0.2) is 5.96 Å². The van der Waals surface area contributed by atoms with E-state index in [2.05, 4.69) is 34.1 Å². The zero-order valence-electron chi connectivity index (χ0n) is 15.6. The maximum absolute atomic E-state index is 12.0. The molecule has 0 aliphatic heterocycles. The van der Waals surface area contributed by atoms with Crippen LogP contribution in [-0.2, 0) is 0 Å². The van der Waals surface area contributed by atoms with Crippen molar-refractivity contribution in [2.45, 2.75) is 43.9 Å². The maximum Gasteiger partial charge on any atom is 0.251 e. The van der Waals surface area contributed by atoms with Gasteiger partial charge in [0.25, 0.3) is 5.91 Å². The first-order valence-corrected chi connectivity index (χ1v) is 10.6. The lowest BCUT2D eigenvalue weighted by atomic mass is 10.2. The second kappa shape index (κ2) is 11.0. The maximum atomic E-state index is 12.0. The first-order valence-electron chi connectivity index (χ1n) is 9.27. The van der Waals surface area contributed by atoms with Gasteiger partial charge in [0, 0.05) is 36.5 Å². The minimum absolute atomic E-state index is 0.0965. The largest absolute Gasteiger partial charge is 0.508 e. The van der Waals surface area contributed by atoms with Gasteiger partial charge < -0.3 is 21.1 Å². The Morgan fingerprint density at radius 2 is 2.19 bits per heavy atom. The van der Waals surface area contributed by atoms with Crippen molar-refractivity contribution < 1.29 is 9.90 Å². The summed E-state index contributed by atoms with van der Waals surface area (Å²) < 4.78 is 0. The average molecular weight is 379 g/mol. The van der Waals surface area contributed by atoms with Gasteiger partial charge in [-0.1, -0.05) is 6.07 Å². The lowest BCUT2D eigenvalue weighted by Gasteiger charge is -2.17. The molecule has 2 unspecified atom stereocenters. The third kappa shape index (κ3) is 6.78. The molecule has 1 fully saturated rings. The van der Waals surface area contributed by atoms with Crippen LogP contribution >= 0.6 is 11.8 Å². The molecule has 2 atom stereocenters. The third-order valence-electron chi connectivity index (χ3n) is 4.40. The second-order valence-electron chi connectivity index (χ2n) is 6.43. The number of guanidine groups is 1. The van der Waals surface area contributed by atoms with Crippen LogP contribution in [0.5, 0.6) is 5.75 Å². The van der Waals surface area contributed by atoms with Gasteiger partial charge in [0.1, 0.15) is 5.75 Å². The van der Waals surface area contributed by atoms with E-state index in [1.54, 1.807) is 18.2 Å². The fourth-order valence-electron chi connectivity index (χ4n) is 3.02. The van der Waals surface area contributed by atoms with E-state index in [1.807, 2.05) is 11.8 Å². The quantitative estimate of drug-likeness (QED) is 0.317. The third-order valence-corrected chi connectivity index (χ3v) is 5.50. The molecule has 26 heavy (non-hydrogen) atoms. The number of aliphatic imine (C=N–C) groups is 1. The van der Waals surface area contributed by atoms with Gasteiger partial charge in [-0.2, -0.15) is 11.8 Å². The summed E-state index contributed by atoms with van der Waals surface area (Å²) in [5.41, 5.74) is 0.466. The second-order valence-corrected chi connectivity index (χ2v) is 7.57. The molecule has 0 radical (unpaired) electrons. The van der Waals surface area contributed by atoms with Crippen LogP contribution in [0.1, 0.15) is 43.0 Å². The molecule has 1 aliphatic carbocycles. The van der Waals surface area contributed by atoms with E-state index in [0.717, 1.165) is 24.2 Å². The van der Waals surface area contributed by atoms with E-state index in [1.165, 1.54) is 25.3 Å². The number of nitrogens with one attached hydrogen (secondary N) is 3. The summed E-state index contributed by atoms with van der Waals surface area (Å²) in [5.74, 6) is 0.779. The Labute approximate surface area is 160 Å². The van der Waals surface area contributed by atoms with Gasteiger partial charge in [-0.3, -0.25) is 9.79 Å². The number of phenols is 1. The number of carbonyl (C=O) groups excluding carboxylic acids is 1. The Balaban J connectivity index is 1.71. The number of aromatic hydroxyl groups is 1. The van der Waals surface area contributed by atoms with Gasteiger partial charge in [-0.25, -0.2) is 0 Å². The number of nitrogens with zero attached hydrogens (tertiary/aromatic N) is 1. The van der Waals surface area contributed by atoms with E-state index >= 15 is 0 Å². The Morgan fingerprint density at radius 3 is 2.88 bits per heavy atom. The van der Waals surface area contributed by atoms with Crippen LogP contribution in [0.2, 0.25) is 0 Å². The monoisotopic (exact) mass is 378 g/mol. The molecule has 2 rings (SSSR count). The van der Waals surface area contributed by atoms with Crippen LogP contribution < -0.4 is 16.0 Å². The van der Waals surface area contributed by atoms with E-state index in [9.17, 15) is 9.90 Å². The molecule has 6 nitrogen and oxygen atoms in total. The van der Waals surface area contributed by atoms with E-state index in [4.69, 9.17) is 0 Å². The minimum Gasteiger partial charge on any atom is -0.508 e. The first-order chi connectivity index (χ1) is 12.6. The summed E-state index contributed by atoms with van der Waals surface area (Å²) in [6, 6.07) is 6.85. The van der Waals surface area contributed by atoms with Crippen molar-refractivity contribution >= 4 is 23.6 Å². The predicted octanol–water partition coefficient (Wildman–Crippen LogP) is 2.35. The first kappa shape index (κ1) is 20.4. The number of phenolic OH excluding ortho intramolecular Hbond substituents is 1. The van der Waals surface area contributed by atoms with Crippen LogP contribution in [-0.4, -0.2) is 54.2 Å². The number of benzene rings is 1. The van der Waals surface area contributed by atoms with E-state index in [-0.39, 0.29) is 11.7 Å². The summed E-state index contributed by atoms with van der Waals surface area (Å²) in [4.78, 5) is 16.6. The molecule has 4 N–H and O–H groups in total. The SMILES string of the molecule is CCNC(=NCCCNC(=O)c1cccc(O)c1)NC1CCC(SC)C1. The summed E-state index contributed by atoms with van der Waals surface area (Å²) in [6.07, 6.45) is 6.58. The molecule has 0 heterocycles. The number of hydrogen-bond donors (Lipinski definition) is 4. The average Bonchev–Trinajstić information content (AvgIpc) is 3.09. The standard InChI is InChI=1S/C19H30N4O2S/c1-3-20-19(23-15-8-9-17(13-15)26-2)22-11-5-10-21-18(25)14-6-4-7-16(24)12-14/h4,6-7,12,15,17,24H,3,5,8-11,13H2,1-2H3,(H,21,25)(H2,20,22,23). The smallest absolute Gasteiger partial charge is 0.251 e. The van der Waals surface area contributed by atoms with Crippen LogP contribution in [0.4, 0.5) is 0 Å². The molecule has 1 saturated carbocycles. The molecule has 1 amide bonds. The topological polar surface area (TPSA) is 85.8 Å². The molecule has 1 aliphatic rings. The molecule has 0 aromatic heterocycles. The summed E-state index contributed by atoms with van der Waals surface area (Å²) >= 11 is 1.95. The molecule has 1 aromatic rings. The lowest BCUT2D eigenvalue weighted by molar-refractivity contribution is 0.0953. The van der Waals surface area contributed by atoms with E-state index < -0.39 is 0 Å². The number of hydrogen-bond acceptors (Lipinski definition) is 4. The Hall–Kier alpha value is -1.89. The van der Waals surface area contributed by atoms with Gasteiger partial charge in [-0.15, -0.1) is 0 Å². The number of thioether (sulfide) groups is 1. The number of amides is 1. The summed E-state index contributed by atoms with van der Waals surface area (Å²) in [6.45, 7) is 4.09. The molecular formula is C19H30N4O2S. The van der Waals surface area contributed by atoms with Gasteiger partial charge in [0.2, 0.25) is 0 Å². The molecule has 144 valence electrons.